The van der Waals surface area contributed by atoms with E-state index in [2.05, 4.69) is 154 Å². The van der Waals surface area contributed by atoms with Crippen molar-refractivity contribution in [1.82, 2.24) is 0 Å². The second-order valence-electron chi connectivity index (χ2n) is 14.9. The molecule has 0 aliphatic rings. The summed E-state index contributed by atoms with van der Waals surface area (Å²) in [6.07, 6.45) is 0. The van der Waals surface area contributed by atoms with Crippen LogP contribution in [0.4, 0.5) is 0 Å². The zero-order valence-electron chi connectivity index (χ0n) is 34.7. The summed E-state index contributed by atoms with van der Waals surface area (Å²) in [5.74, 6) is 0.116. The van der Waals surface area contributed by atoms with Crippen LogP contribution in [0.1, 0.15) is 93.8 Å². The largest absolute Gasteiger partial charge is 0.289 e. The molecule has 0 spiro atoms. The summed E-state index contributed by atoms with van der Waals surface area (Å²) in [5.41, 5.74) is 19.6. The van der Waals surface area contributed by atoms with Crippen LogP contribution in [0, 0.1) is 96.9 Å². The predicted octanol–water partition coefficient (Wildman–Crippen LogP) is 14.4. The van der Waals surface area contributed by atoms with Gasteiger partial charge < -0.3 is 0 Å². The second kappa shape index (κ2) is 20.0. The van der Waals surface area contributed by atoms with Crippen LogP contribution in [0.15, 0.2) is 119 Å². The average Bonchev–Trinajstić information content (AvgIpc) is 3.03. The maximum absolute atomic E-state index is 12.5. The number of aryl methyl sites for hydroxylation is 14. The number of carbonyl (C=O) groups is 1. The van der Waals surface area contributed by atoms with Gasteiger partial charge in [-0.3, -0.25) is 4.79 Å². The first-order valence-electron chi connectivity index (χ1n) is 18.5. The van der Waals surface area contributed by atoms with Crippen LogP contribution < -0.4 is 0 Å². The van der Waals surface area contributed by atoms with Gasteiger partial charge in [-0.15, -0.1) is 0 Å². The molecule has 2 heteroatoms. The van der Waals surface area contributed by atoms with Crippen molar-refractivity contribution in [3.63, 3.8) is 0 Å². The Morgan fingerprint density at radius 2 is 0.660 bits per heavy atom. The summed E-state index contributed by atoms with van der Waals surface area (Å²) < 4.78 is 0. The number of hydrogen-bond acceptors (Lipinski definition) is 2. The number of hydrogen-bond donors (Lipinski definition) is 0. The lowest BCUT2D eigenvalue weighted by Gasteiger charge is -2.12. The van der Waals surface area contributed by atoms with E-state index in [1.54, 1.807) is 0 Å². The van der Waals surface area contributed by atoms with Crippen LogP contribution in [-0.2, 0) is 0 Å². The molecule has 6 rings (SSSR count). The molecule has 0 aliphatic carbocycles. The summed E-state index contributed by atoms with van der Waals surface area (Å²) in [4.78, 5) is 15.3. The van der Waals surface area contributed by atoms with Gasteiger partial charge in [0.15, 0.2) is 5.78 Å². The molecule has 276 valence electrons. The summed E-state index contributed by atoms with van der Waals surface area (Å²) in [5, 5.41) is 0. The minimum atomic E-state index is 0.116. The van der Waals surface area contributed by atoms with Gasteiger partial charge in [0.05, 0.1) is 0 Å². The summed E-state index contributed by atoms with van der Waals surface area (Å²) in [6.45, 7) is 29.5. The quantitative estimate of drug-likeness (QED) is 0.169. The average molecular weight is 721 g/mol. The third-order valence-corrected chi connectivity index (χ3v) is 10.5. The van der Waals surface area contributed by atoms with Crippen LogP contribution in [-0.4, -0.2) is 5.78 Å². The van der Waals surface area contributed by atoms with Crippen molar-refractivity contribution in [2.24, 2.45) is 0 Å². The van der Waals surface area contributed by atoms with Gasteiger partial charge in [-0.2, -0.15) is 0 Å². The lowest BCUT2D eigenvalue weighted by molar-refractivity contribution is 0.103. The Hall–Kier alpha value is -4.66. The van der Waals surface area contributed by atoms with Gasteiger partial charge in [0.1, 0.15) is 0 Å². The normalized spacial score (nSPS) is 10.2. The molecular weight excluding hydrogens is 661 g/mol. The van der Waals surface area contributed by atoms with Crippen LogP contribution in [0.3, 0.4) is 0 Å². The van der Waals surface area contributed by atoms with Crippen LogP contribution in [0.25, 0.3) is 0 Å². The van der Waals surface area contributed by atoms with E-state index >= 15 is 0 Å². The van der Waals surface area contributed by atoms with Crippen LogP contribution in [0.5, 0.6) is 0 Å². The van der Waals surface area contributed by atoms with E-state index in [1.165, 1.54) is 76.6 Å². The molecule has 0 aromatic heterocycles. The zero-order chi connectivity index (χ0) is 39.4. The molecule has 1 nitrogen and oxygen atoms in total. The van der Waals surface area contributed by atoms with E-state index < -0.39 is 0 Å². The Labute approximate surface area is 325 Å². The van der Waals surface area contributed by atoms with Gasteiger partial charge >= 0.3 is 0 Å². The summed E-state index contributed by atoms with van der Waals surface area (Å²) in [7, 11) is 0. The highest BCUT2D eigenvalue weighted by atomic mass is 32.2. The monoisotopic (exact) mass is 720 g/mol. The van der Waals surface area contributed by atoms with Gasteiger partial charge in [0.25, 0.3) is 0 Å². The van der Waals surface area contributed by atoms with E-state index in [1.807, 2.05) is 63.7 Å². The molecule has 0 saturated carbocycles. The van der Waals surface area contributed by atoms with Crippen molar-refractivity contribution in [3.05, 3.63) is 198 Å². The Bertz CT molecular complexity index is 2020. The van der Waals surface area contributed by atoms with Crippen molar-refractivity contribution < 1.29 is 4.79 Å². The fourth-order valence-corrected chi connectivity index (χ4v) is 7.66. The third kappa shape index (κ3) is 13.7. The Morgan fingerprint density at radius 3 is 1.02 bits per heavy atom. The fourth-order valence-electron chi connectivity index (χ4n) is 6.64. The van der Waals surface area contributed by atoms with E-state index in [0.717, 1.165) is 22.3 Å². The molecule has 6 aromatic rings. The molecule has 0 fully saturated rings. The second-order valence-corrected chi connectivity index (χ2v) is 15.9. The topological polar surface area (TPSA) is 17.1 Å². The van der Waals surface area contributed by atoms with Gasteiger partial charge in [0, 0.05) is 20.9 Å². The molecule has 53 heavy (non-hydrogen) atoms. The smallest absolute Gasteiger partial charge is 0.193 e. The molecule has 0 bridgehead atoms. The van der Waals surface area contributed by atoms with Crippen molar-refractivity contribution in [1.29, 1.82) is 0 Å². The minimum absolute atomic E-state index is 0.116. The van der Waals surface area contributed by atoms with Gasteiger partial charge in [0.2, 0.25) is 0 Å². The van der Waals surface area contributed by atoms with Crippen LogP contribution in [0.2, 0.25) is 0 Å². The maximum atomic E-state index is 12.5. The first-order valence-corrected chi connectivity index (χ1v) is 19.4. The molecule has 0 atom stereocenters. The molecule has 6 aromatic carbocycles. The minimum Gasteiger partial charge on any atom is -0.289 e. The first kappa shape index (κ1) is 42.8. The lowest BCUT2D eigenvalue weighted by atomic mass is 9.94. The summed E-state index contributed by atoms with van der Waals surface area (Å²) in [6, 6.07) is 38.1. The van der Waals surface area contributed by atoms with Gasteiger partial charge in [-0.25, -0.2) is 0 Å². The van der Waals surface area contributed by atoms with Crippen molar-refractivity contribution in [3.8, 4) is 0 Å². The van der Waals surface area contributed by atoms with E-state index in [-0.39, 0.29) is 5.78 Å². The number of ketones is 1. The SMILES string of the molecule is Cc1cc(C)cc(C)c1.Cc1ccc(C(=O)c2ccc(C)cc2C)c(C)c1.Cc1ccc(Sc2c(C)cc(C)cc2C)c(C)c1.Cc1cccc(C)c1. The lowest BCUT2D eigenvalue weighted by Crippen LogP contribution is -2.06. The number of carbonyl (C=O) groups excluding carboxylic acids is 1. The zero-order valence-corrected chi connectivity index (χ0v) is 35.5. The molecule has 0 radical (unpaired) electrons. The maximum Gasteiger partial charge on any atom is 0.193 e. The fraction of sp³-hybridized carbons (Fsp3) is 0.275. The van der Waals surface area contributed by atoms with Crippen molar-refractivity contribution in [2.75, 3.05) is 0 Å². The molecule has 0 N–H and O–H groups in total. The highest BCUT2D eigenvalue weighted by molar-refractivity contribution is 7.99. The Morgan fingerprint density at radius 1 is 0.340 bits per heavy atom. The Kier molecular flexibility index (Phi) is 16.1. The molecule has 0 saturated heterocycles. The van der Waals surface area contributed by atoms with E-state index in [0.29, 0.717) is 0 Å². The number of benzene rings is 6. The third-order valence-electron chi connectivity index (χ3n) is 8.94. The molecule has 0 unspecified atom stereocenters. The molecule has 0 heterocycles. The van der Waals surface area contributed by atoms with E-state index in [9.17, 15) is 4.79 Å². The van der Waals surface area contributed by atoms with Crippen molar-refractivity contribution in [2.45, 2.75) is 107 Å². The van der Waals surface area contributed by atoms with Gasteiger partial charge in [-0.1, -0.05) is 165 Å². The summed E-state index contributed by atoms with van der Waals surface area (Å²) >= 11 is 1.88. The Balaban J connectivity index is 0.000000202. The predicted molar refractivity (Wildman–Crippen MR) is 233 cm³/mol. The molecule has 0 amide bonds. The molecular formula is C51H60OS. The standard InChI is InChI=1S/C17H18O.C17H20S.C9H12.C8H10/c1-11-5-7-15(13(3)9-11)17(18)16-8-6-12(2)10-14(16)4;1-11-6-7-16(13(3)8-11)18-17-14(4)9-12(2)10-15(17)5;1-7-4-8(2)6-9(3)5-7;1-7-4-3-5-8(2)6-7/h5-10H,1-4H3;6-10H,1-5H3;4-6H,1-3H3;3-6H,1-2H3. The van der Waals surface area contributed by atoms with Gasteiger partial charge in [-0.05, 0) is 131 Å². The first-order chi connectivity index (χ1) is 24.9. The van der Waals surface area contributed by atoms with Crippen LogP contribution >= 0.6 is 11.8 Å². The van der Waals surface area contributed by atoms with Crippen molar-refractivity contribution >= 4 is 17.5 Å². The highest BCUT2D eigenvalue weighted by Crippen LogP contribution is 2.35. The highest BCUT2D eigenvalue weighted by Gasteiger charge is 2.14. The molecule has 0 aliphatic heterocycles. The van der Waals surface area contributed by atoms with E-state index in [4.69, 9.17) is 0 Å². The number of rotatable bonds is 4.